The van der Waals surface area contributed by atoms with E-state index in [-0.39, 0.29) is 18.4 Å². The molecule has 2 aromatic carbocycles. The molecule has 1 aliphatic rings. The molecule has 2 amide bonds. The smallest absolute Gasteiger partial charge is 0.262 e. The first-order valence-electron chi connectivity index (χ1n) is 7.83. The number of benzene rings is 2. The largest absolute Gasteiger partial charge is 0.482 e. The summed E-state index contributed by atoms with van der Waals surface area (Å²) in [6.45, 7) is 1.76. The summed E-state index contributed by atoms with van der Waals surface area (Å²) in [4.78, 5) is 24.0. The highest BCUT2D eigenvalue weighted by Gasteiger charge is 2.18. The van der Waals surface area contributed by atoms with Crippen molar-refractivity contribution in [2.45, 2.75) is 6.92 Å². The summed E-state index contributed by atoms with van der Waals surface area (Å²) in [5.41, 5.74) is 2.21. The van der Waals surface area contributed by atoms with E-state index >= 15 is 0 Å². The molecule has 1 aromatic heterocycles. The average Bonchev–Trinajstić information content (AvgIpc) is 3.07. The van der Waals surface area contributed by atoms with E-state index in [2.05, 4.69) is 26.2 Å². The molecule has 0 unspecified atom stereocenters. The Labute approximate surface area is 148 Å². The molecule has 2 N–H and O–H groups in total. The second-order valence-electron chi connectivity index (χ2n) is 5.69. The molecule has 0 spiro atoms. The highest BCUT2D eigenvalue weighted by atomic mass is 16.5. The van der Waals surface area contributed by atoms with E-state index in [9.17, 15) is 9.59 Å². The summed E-state index contributed by atoms with van der Waals surface area (Å²) in [5.74, 6) is 0.619. The first-order valence-corrected chi connectivity index (χ1v) is 7.83. The number of anilines is 2. The molecular formula is C17H14N6O3. The van der Waals surface area contributed by atoms with Gasteiger partial charge in [0.15, 0.2) is 12.4 Å². The molecule has 0 atom stereocenters. The lowest BCUT2D eigenvalue weighted by Gasteiger charge is -2.18. The highest BCUT2D eigenvalue weighted by molar-refractivity contribution is 6.06. The van der Waals surface area contributed by atoms with Crippen LogP contribution in [0.2, 0.25) is 0 Å². The van der Waals surface area contributed by atoms with Gasteiger partial charge in [0.2, 0.25) is 0 Å². The number of hydrogen-bond acceptors (Lipinski definition) is 6. The van der Waals surface area contributed by atoms with Crippen LogP contribution in [-0.4, -0.2) is 38.6 Å². The van der Waals surface area contributed by atoms with E-state index in [1.165, 1.54) is 0 Å². The highest BCUT2D eigenvalue weighted by Crippen LogP contribution is 2.28. The van der Waals surface area contributed by atoms with Crippen LogP contribution in [0.15, 0.2) is 42.5 Å². The molecule has 26 heavy (non-hydrogen) atoms. The summed E-state index contributed by atoms with van der Waals surface area (Å²) in [5, 5.41) is 16.9. The maximum Gasteiger partial charge on any atom is 0.262 e. The number of ether oxygens (including phenoxy) is 1. The van der Waals surface area contributed by atoms with E-state index in [1.54, 1.807) is 48.0 Å². The average molecular weight is 350 g/mol. The van der Waals surface area contributed by atoms with Crippen LogP contribution in [0.5, 0.6) is 5.75 Å². The minimum atomic E-state index is -0.307. The van der Waals surface area contributed by atoms with Crippen molar-refractivity contribution < 1.29 is 14.3 Å². The Morgan fingerprint density at radius 2 is 2.15 bits per heavy atom. The molecule has 0 bridgehead atoms. The minimum absolute atomic E-state index is 0.0259. The second-order valence-corrected chi connectivity index (χ2v) is 5.69. The molecular weight excluding hydrogens is 336 g/mol. The standard InChI is InChI=1S/C17H14N6O3/c1-10-20-21-22-23(10)13-4-2-3-12(8-13)18-17(25)11-5-6-15-14(7-11)19-16(24)9-26-15/h2-8H,9H2,1H3,(H,18,25)(H,19,24). The Hall–Kier alpha value is -3.75. The lowest BCUT2D eigenvalue weighted by Crippen LogP contribution is -2.25. The van der Waals surface area contributed by atoms with Gasteiger partial charge < -0.3 is 15.4 Å². The lowest BCUT2D eigenvalue weighted by molar-refractivity contribution is -0.118. The van der Waals surface area contributed by atoms with Crippen molar-refractivity contribution in [3.63, 3.8) is 0 Å². The van der Waals surface area contributed by atoms with Crippen molar-refractivity contribution >= 4 is 23.2 Å². The van der Waals surface area contributed by atoms with Gasteiger partial charge in [-0.05, 0) is 53.7 Å². The number of carbonyl (C=O) groups is 2. The summed E-state index contributed by atoms with van der Waals surface area (Å²) in [6, 6.07) is 12.1. The van der Waals surface area contributed by atoms with Gasteiger partial charge in [-0.15, -0.1) is 5.10 Å². The van der Waals surface area contributed by atoms with Gasteiger partial charge in [0, 0.05) is 11.3 Å². The van der Waals surface area contributed by atoms with Gasteiger partial charge in [-0.25, -0.2) is 0 Å². The normalized spacial score (nSPS) is 12.7. The van der Waals surface area contributed by atoms with Gasteiger partial charge in [0.05, 0.1) is 11.4 Å². The van der Waals surface area contributed by atoms with Gasteiger partial charge in [0.1, 0.15) is 5.75 Å². The summed E-state index contributed by atoms with van der Waals surface area (Å²) >= 11 is 0. The fourth-order valence-corrected chi connectivity index (χ4v) is 2.61. The molecule has 4 rings (SSSR count). The zero-order valence-corrected chi connectivity index (χ0v) is 13.8. The first-order chi connectivity index (χ1) is 12.6. The molecule has 2 heterocycles. The van der Waals surface area contributed by atoms with Gasteiger partial charge in [0.25, 0.3) is 11.8 Å². The van der Waals surface area contributed by atoms with Crippen LogP contribution in [-0.2, 0) is 4.79 Å². The molecule has 9 heteroatoms. The van der Waals surface area contributed by atoms with Gasteiger partial charge in [-0.2, -0.15) is 4.68 Å². The van der Waals surface area contributed by atoms with E-state index in [4.69, 9.17) is 4.74 Å². The Balaban J connectivity index is 1.56. The maximum absolute atomic E-state index is 12.5. The van der Waals surface area contributed by atoms with Crippen LogP contribution in [0.25, 0.3) is 5.69 Å². The Morgan fingerprint density at radius 1 is 1.27 bits per heavy atom. The number of fused-ring (bicyclic) bond motifs is 1. The molecule has 0 fully saturated rings. The monoisotopic (exact) mass is 350 g/mol. The second kappa shape index (κ2) is 6.28. The molecule has 0 radical (unpaired) electrons. The number of aryl methyl sites for hydroxylation is 1. The third kappa shape index (κ3) is 2.97. The Kier molecular flexibility index (Phi) is 3.81. The van der Waals surface area contributed by atoms with Gasteiger partial charge in [-0.1, -0.05) is 6.07 Å². The van der Waals surface area contributed by atoms with E-state index in [0.29, 0.717) is 28.5 Å². The van der Waals surface area contributed by atoms with Crippen LogP contribution in [0.4, 0.5) is 11.4 Å². The predicted octanol–water partition coefficient (Wildman–Crippen LogP) is 1.55. The fraction of sp³-hybridized carbons (Fsp3) is 0.118. The zero-order chi connectivity index (χ0) is 18.1. The third-order valence-corrected chi connectivity index (χ3v) is 3.85. The van der Waals surface area contributed by atoms with Crippen molar-refractivity contribution in [3.05, 3.63) is 53.9 Å². The molecule has 0 aliphatic carbocycles. The molecule has 130 valence electrons. The van der Waals surface area contributed by atoms with Crippen LogP contribution >= 0.6 is 0 Å². The van der Waals surface area contributed by atoms with E-state index in [1.807, 2.05) is 6.07 Å². The van der Waals surface area contributed by atoms with Gasteiger partial charge in [-0.3, -0.25) is 9.59 Å². The number of amides is 2. The fourth-order valence-electron chi connectivity index (χ4n) is 2.61. The topological polar surface area (TPSA) is 111 Å². The van der Waals surface area contributed by atoms with E-state index in [0.717, 1.165) is 5.69 Å². The Bertz CT molecular complexity index is 1010. The minimum Gasteiger partial charge on any atom is -0.482 e. The van der Waals surface area contributed by atoms with Crippen LogP contribution in [0, 0.1) is 6.92 Å². The zero-order valence-electron chi connectivity index (χ0n) is 13.8. The summed E-state index contributed by atoms with van der Waals surface area (Å²) in [7, 11) is 0. The summed E-state index contributed by atoms with van der Waals surface area (Å²) < 4.78 is 6.86. The first kappa shape index (κ1) is 15.8. The lowest BCUT2D eigenvalue weighted by atomic mass is 10.1. The third-order valence-electron chi connectivity index (χ3n) is 3.85. The van der Waals surface area contributed by atoms with Crippen molar-refractivity contribution in [2.75, 3.05) is 17.2 Å². The van der Waals surface area contributed by atoms with Crippen molar-refractivity contribution in [2.24, 2.45) is 0 Å². The number of hydrogen-bond donors (Lipinski definition) is 2. The summed E-state index contributed by atoms with van der Waals surface area (Å²) in [6.07, 6.45) is 0. The van der Waals surface area contributed by atoms with E-state index < -0.39 is 0 Å². The van der Waals surface area contributed by atoms with Crippen LogP contribution in [0.3, 0.4) is 0 Å². The quantitative estimate of drug-likeness (QED) is 0.741. The number of nitrogens with one attached hydrogen (secondary N) is 2. The Morgan fingerprint density at radius 3 is 2.96 bits per heavy atom. The van der Waals surface area contributed by atoms with Crippen LogP contribution in [0.1, 0.15) is 16.2 Å². The number of tetrazole rings is 1. The number of rotatable bonds is 3. The van der Waals surface area contributed by atoms with Crippen molar-refractivity contribution in [1.29, 1.82) is 0 Å². The predicted molar refractivity (Wildman–Crippen MR) is 92.4 cm³/mol. The molecule has 1 aliphatic heterocycles. The number of carbonyl (C=O) groups excluding carboxylic acids is 2. The molecule has 0 saturated heterocycles. The van der Waals surface area contributed by atoms with Crippen molar-refractivity contribution in [1.82, 2.24) is 20.2 Å². The maximum atomic E-state index is 12.5. The molecule has 0 saturated carbocycles. The SMILES string of the molecule is Cc1nnnn1-c1cccc(NC(=O)c2ccc3c(c2)NC(=O)CO3)c1. The van der Waals surface area contributed by atoms with Crippen molar-refractivity contribution in [3.8, 4) is 11.4 Å². The van der Waals surface area contributed by atoms with Gasteiger partial charge >= 0.3 is 0 Å². The number of nitrogens with zero attached hydrogens (tertiary/aromatic N) is 4. The van der Waals surface area contributed by atoms with Crippen LogP contribution < -0.4 is 15.4 Å². The molecule has 9 nitrogen and oxygen atoms in total. The number of aromatic nitrogens is 4. The molecule has 3 aromatic rings.